The zero-order valence-corrected chi connectivity index (χ0v) is 14.2. The van der Waals surface area contributed by atoms with E-state index in [0.29, 0.717) is 28.7 Å². The molecule has 0 radical (unpaired) electrons. The fraction of sp³-hybridized carbons (Fsp3) is 0.158. The number of benzene rings is 2. The summed E-state index contributed by atoms with van der Waals surface area (Å²) in [5, 5.41) is 2.02. The molecule has 2 aromatic carbocycles. The maximum atomic E-state index is 12.9. The Morgan fingerprint density at radius 3 is 2.58 bits per heavy atom. The van der Waals surface area contributed by atoms with E-state index in [2.05, 4.69) is 4.98 Å². The average molecular weight is 341 g/mol. The van der Waals surface area contributed by atoms with Crippen molar-refractivity contribution >= 4 is 34.0 Å². The van der Waals surface area contributed by atoms with Crippen LogP contribution in [0.2, 0.25) is 5.15 Å². The van der Waals surface area contributed by atoms with Crippen molar-refractivity contribution in [2.75, 3.05) is 18.6 Å². The van der Waals surface area contributed by atoms with Crippen LogP contribution in [0, 0.1) is 0 Å². The van der Waals surface area contributed by atoms with Gasteiger partial charge in [0, 0.05) is 22.9 Å². The number of rotatable bonds is 4. The number of nitrogens with zero attached hydrogens (tertiary/aromatic N) is 2. The van der Waals surface area contributed by atoms with Gasteiger partial charge in [0.05, 0.1) is 19.0 Å². The molecule has 0 unspecified atom stereocenters. The summed E-state index contributed by atoms with van der Waals surface area (Å²) in [5.74, 6) is 0.626. The number of hydrogen-bond donors (Lipinski definition) is 0. The molecule has 0 aliphatic carbocycles. The van der Waals surface area contributed by atoms with Gasteiger partial charge in [-0.3, -0.25) is 4.79 Å². The predicted octanol–water partition coefficient (Wildman–Crippen LogP) is 4.56. The summed E-state index contributed by atoms with van der Waals surface area (Å²) in [6.07, 6.45) is 1.63. The minimum absolute atomic E-state index is 0.0775. The van der Waals surface area contributed by atoms with Gasteiger partial charge in [0.1, 0.15) is 10.9 Å². The van der Waals surface area contributed by atoms with Gasteiger partial charge >= 0.3 is 0 Å². The van der Waals surface area contributed by atoms with Gasteiger partial charge in [-0.25, -0.2) is 4.98 Å². The van der Waals surface area contributed by atoms with E-state index < -0.39 is 0 Å². The first-order chi connectivity index (χ1) is 11.7. The Bertz CT molecular complexity index is 881. The summed E-state index contributed by atoms with van der Waals surface area (Å²) < 4.78 is 5.31. The maximum absolute atomic E-state index is 12.9. The third-order valence-electron chi connectivity index (χ3n) is 3.90. The van der Waals surface area contributed by atoms with Gasteiger partial charge in [-0.2, -0.15) is 0 Å². The summed E-state index contributed by atoms with van der Waals surface area (Å²) in [5.41, 5.74) is 1.34. The highest BCUT2D eigenvalue weighted by Gasteiger charge is 2.19. The van der Waals surface area contributed by atoms with E-state index in [0.717, 1.165) is 10.8 Å². The van der Waals surface area contributed by atoms with Gasteiger partial charge < -0.3 is 9.64 Å². The van der Waals surface area contributed by atoms with E-state index in [1.807, 2.05) is 43.3 Å². The van der Waals surface area contributed by atoms with Crippen LogP contribution >= 0.6 is 11.6 Å². The first-order valence-electron chi connectivity index (χ1n) is 7.65. The molecule has 122 valence electrons. The fourth-order valence-electron chi connectivity index (χ4n) is 2.67. The zero-order chi connectivity index (χ0) is 17.1. The van der Waals surface area contributed by atoms with Crippen molar-refractivity contribution in [3.05, 3.63) is 65.4 Å². The van der Waals surface area contributed by atoms with Crippen molar-refractivity contribution in [3.8, 4) is 5.75 Å². The average Bonchev–Trinajstić information content (AvgIpc) is 2.64. The Hall–Kier alpha value is -2.59. The van der Waals surface area contributed by atoms with Crippen LogP contribution in [0.15, 0.2) is 54.7 Å². The third kappa shape index (κ3) is 2.93. The Labute approximate surface area is 145 Å². The number of fused-ring (bicyclic) bond motifs is 1. The van der Waals surface area contributed by atoms with E-state index in [9.17, 15) is 4.79 Å². The molecule has 0 bridgehead atoms. The first kappa shape index (κ1) is 16.3. The molecule has 0 aliphatic rings. The molecule has 0 fully saturated rings. The minimum atomic E-state index is -0.0775. The SMILES string of the molecule is CCN(C(=O)c1ccccc1)c1cnc(Cl)c2ccc(OC)cc12. The molecule has 1 aromatic heterocycles. The smallest absolute Gasteiger partial charge is 0.258 e. The van der Waals surface area contributed by atoms with Crippen molar-refractivity contribution in [1.82, 2.24) is 4.98 Å². The topological polar surface area (TPSA) is 42.4 Å². The molecule has 1 heterocycles. The van der Waals surface area contributed by atoms with Gasteiger partial charge in [0.25, 0.3) is 5.91 Å². The third-order valence-corrected chi connectivity index (χ3v) is 4.20. The lowest BCUT2D eigenvalue weighted by Gasteiger charge is -2.23. The largest absolute Gasteiger partial charge is 0.497 e. The number of halogens is 1. The van der Waals surface area contributed by atoms with E-state index in [4.69, 9.17) is 16.3 Å². The Kier molecular flexibility index (Phi) is 4.67. The first-order valence-corrected chi connectivity index (χ1v) is 8.02. The summed E-state index contributed by atoms with van der Waals surface area (Å²) in [6.45, 7) is 2.45. The summed E-state index contributed by atoms with van der Waals surface area (Å²) >= 11 is 6.21. The van der Waals surface area contributed by atoms with Crippen LogP contribution < -0.4 is 9.64 Å². The van der Waals surface area contributed by atoms with Crippen LogP contribution in [0.25, 0.3) is 10.8 Å². The molecule has 0 saturated heterocycles. The molecule has 0 aliphatic heterocycles. The van der Waals surface area contributed by atoms with Gasteiger partial charge in [-0.1, -0.05) is 29.8 Å². The molecule has 0 spiro atoms. The molecular weight excluding hydrogens is 324 g/mol. The van der Waals surface area contributed by atoms with Crippen LogP contribution in [-0.2, 0) is 0 Å². The van der Waals surface area contributed by atoms with Crippen LogP contribution in [0.5, 0.6) is 5.75 Å². The van der Waals surface area contributed by atoms with Crippen LogP contribution in [-0.4, -0.2) is 24.5 Å². The molecule has 5 heteroatoms. The molecule has 0 saturated carbocycles. The van der Waals surface area contributed by atoms with Gasteiger partial charge in [0.2, 0.25) is 0 Å². The van der Waals surface area contributed by atoms with E-state index >= 15 is 0 Å². The van der Waals surface area contributed by atoms with Crippen LogP contribution in [0.4, 0.5) is 5.69 Å². The molecule has 4 nitrogen and oxygen atoms in total. The summed E-state index contributed by atoms with van der Waals surface area (Å²) in [4.78, 5) is 18.8. The second-order valence-corrected chi connectivity index (χ2v) is 5.62. The monoisotopic (exact) mass is 340 g/mol. The van der Waals surface area contributed by atoms with Gasteiger partial charge in [-0.05, 0) is 37.3 Å². The Balaban J connectivity index is 2.15. The molecule has 0 N–H and O–H groups in total. The van der Waals surface area contributed by atoms with Crippen molar-refractivity contribution < 1.29 is 9.53 Å². The van der Waals surface area contributed by atoms with Crippen LogP contribution in [0.1, 0.15) is 17.3 Å². The van der Waals surface area contributed by atoms with Gasteiger partial charge in [-0.15, -0.1) is 0 Å². The Morgan fingerprint density at radius 1 is 1.17 bits per heavy atom. The lowest BCUT2D eigenvalue weighted by Crippen LogP contribution is -2.30. The van der Waals surface area contributed by atoms with E-state index in [-0.39, 0.29) is 5.91 Å². The predicted molar refractivity (Wildman–Crippen MR) is 97.1 cm³/mol. The normalized spacial score (nSPS) is 10.6. The zero-order valence-electron chi connectivity index (χ0n) is 13.5. The van der Waals surface area contributed by atoms with E-state index in [1.165, 1.54) is 0 Å². The van der Waals surface area contributed by atoms with Crippen molar-refractivity contribution in [1.29, 1.82) is 0 Å². The van der Waals surface area contributed by atoms with Gasteiger partial charge in [0.15, 0.2) is 0 Å². The number of carbonyl (C=O) groups excluding carboxylic acids is 1. The highest BCUT2D eigenvalue weighted by molar-refractivity contribution is 6.35. The number of pyridine rings is 1. The molecule has 0 atom stereocenters. The van der Waals surface area contributed by atoms with Crippen molar-refractivity contribution in [3.63, 3.8) is 0 Å². The molecule has 3 aromatic rings. The van der Waals surface area contributed by atoms with Crippen molar-refractivity contribution in [2.45, 2.75) is 6.92 Å². The van der Waals surface area contributed by atoms with E-state index in [1.54, 1.807) is 30.3 Å². The second kappa shape index (κ2) is 6.89. The maximum Gasteiger partial charge on any atom is 0.258 e. The Morgan fingerprint density at radius 2 is 1.92 bits per heavy atom. The number of anilines is 1. The molecule has 24 heavy (non-hydrogen) atoms. The lowest BCUT2D eigenvalue weighted by atomic mass is 10.1. The highest BCUT2D eigenvalue weighted by Crippen LogP contribution is 2.33. The number of aromatic nitrogens is 1. The second-order valence-electron chi connectivity index (χ2n) is 5.26. The number of hydrogen-bond acceptors (Lipinski definition) is 3. The number of amides is 1. The summed E-state index contributed by atoms with van der Waals surface area (Å²) in [7, 11) is 1.61. The van der Waals surface area contributed by atoms with Crippen molar-refractivity contribution in [2.24, 2.45) is 0 Å². The number of carbonyl (C=O) groups is 1. The fourth-order valence-corrected chi connectivity index (χ4v) is 2.89. The lowest BCUT2D eigenvalue weighted by molar-refractivity contribution is 0.0988. The quantitative estimate of drug-likeness (QED) is 0.654. The summed E-state index contributed by atoms with van der Waals surface area (Å²) in [6, 6.07) is 14.7. The number of ether oxygens (including phenoxy) is 1. The highest BCUT2D eigenvalue weighted by atomic mass is 35.5. The molecule has 3 rings (SSSR count). The minimum Gasteiger partial charge on any atom is -0.497 e. The number of methoxy groups -OCH3 is 1. The standard InChI is InChI=1S/C19H17ClN2O2/c1-3-22(19(23)13-7-5-4-6-8-13)17-12-21-18(20)15-10-9-14(24-2)11-16(15)17/h4-12H,3H2,1-2H3. The van der Waals surface area contributed by atoms with Crippen LogP contribution in [0.3, 0.4) is 0 Å². The molecular formula is C19H17ClN2O2. The molecule has 1 amide bonds.